The van der Waals surface area contributed by atoms with E-state index in [1.807, 2.05) is 0 Å². The van der Waals surface area contributed by atoms with Gasteiger partial charge in [0.05, 0.1) is 11.5 Å². The van der Waals surface area contributed by atoms with Gasteiger partial charge in [0, 0.05) is 23.5 Å². The molecular formula is C11H15N3O4S2. The van der Waals surface area contributed by atoms with Crippen molar-refractivity contribution in [1.82, 2.24) is 9.36 Å². The first-order valence-corrected chi connectivity index (χ1v) is 9.06. The number of aliphatic carboxylic acids is 1. The molecule has 2 fully saturated rings. The van der Waals surface area contributed by atoms with Gasteiger partial charge in [0.15, 0.2) is 9.84 Å². The van der Waals surface area contributed by atoms with Crippen LogP contribution in [0.25, 0.3) is 0 Å². The van der Waals surface area contributed by atoms with Crippen molar-refractivity contribution in [1.29, 1.82) is 0 Å². The van der Waals surface area contributed by atoms with E-state index >= 15 is 0 Å². The summed E-state index contributed by atoms with van der Waals surface area (Å²) in [6, 6.07) is -0.309. The van der Waals surface area contributed by atoms with Gasteiger partial charge in [-0.05, 0) is 19.3 Å². The average molecular weight is 317 g/mol. The standard InChI is InChI=1S/C11H15N3O4S2/c15-9(16)5-14(8-3-4-20(17,18)6-8)11-12-10(13-19-11)7-1-2-7/h7-8H,1-6H2,(H,15,16). The SMILES string of the molecule is O=C(O)CN(c1nc(C2CC2)ns1)C1CCS(=O)(=O)C1. The molecule has 2 heterocycles. The van der Waals surface area contributed by atoms with E-state index in [0.29, 0.717) is 17.5 Å². The van der Waals surface area contributed by atoms with Crippen LogP contribution in [0, 0.1) is 0 Å². The van der Waals surface area contributed by atoms with E-state index in [0.717, 1.165) is 30.2 Å². The van der Waals surface area contributed by atoms with Crippen molar-refractivity contribution in [2.24, 2.45) is 0 Å². The summed E-state index contributed by atoms with van der Waals surface area (Å²) in [5.41, 5.74) is 0. The second-order valence-electron chi connectivity index (χ2n) is 5.29. The van der Waals surface area contributed by atoms with E-state index in [9.17, 15) is 13.2 Å². The minimum atomic E-state index is -3.06. The number of carboxylic acid groups (broad SMARTS) is 1. The van der Waals surface area contributed by atoms with Gasteiger partial charge in [0.1, 0.15) is 12.4 Å². The third-order valence-electron chi connectivity index (χ3n) is 3.57. The Balaban J connectivity index is 1.83. The zero-order valence-electron chi connectivity index (χ0n) is 10.7. The van der Waals surface area contributed by atoms with Crippen LogP contribution in [0.1, 0.15) is 31.0 Å². The number of carbonyl (C=O) groups is 1. The van der Waals surface area contributed by atoms with Gasteiger partial charge in [-0.2, -0.15) is 4.37 Å². The molecule has 1 aromatic rings. The van der Waals surface area contributed by atoms with E-state index < -0.39 is 15.8 Å². The van der Waals surface area contributed by atoms with Crippen molar-refractivity contribution in [3.63, 3.8) is 0 Å². The first kappa shape index (κ1) is 13.7. The predicted molar refractivity (Wildman–Crippen MR) is 73.9 cm³/mol. The highest BCUT2D eigenvalue weighted by molar-refractivity contribution is 7.91. The van der Waals surface area contributed by atoms with Crippen LogP contribution in [-0.4, -0.2) is 52.9 Å². The molecule has 1 atom stereocenters. The zero-order chi connectivity index (χ0) is 14.3. The van der Waals surface area contributed by atoms with E-state index in [-0.39, 0.29) is 24.1 Å². The first-order chi connectivity index (χ1) is 9.44. The van der Waals surface area contributed by atoms with E-state index in [4.69, 9.17) is 5.11 Å². The molecule has 9 heteroatoms. The minimum absolute atomic E-state index is 0.00137. The van der Waals surface area contributed by atoms with Crippen LogP contribution in [-0.2, 0) is 14.6 Å². The van der Waals surface area contributed by atoms with Crippen molar-refractivity contribution in [2.75, 3.05) is 23.0 Å². The summed E-state index contributed by atoms with van der Waals surface area (Å²) < 4.78 is 27.4. The molecule has 2 aliphatic rings. The maximum Gasteiger partial charge on any atom is 0.323 e. The number of hydrogen-bond donors (Lipinski definition) is 1. The number of sulfone groups is 1. The quantitative estimate of drug-likeness (QED) is 0.843. The molecule has 110 valence electrons. The highest BCUT2D eigenvalue weighted by Crippen LogP contribution is 2.40. The van der Waals surface area contributed by atoms with Crippen LogP contribution in [0.15, 0.2) is 0 Å². The molecule has 3 rings (SSSR count). The van der Waals surface area contributed by atoms with E-state index in [1.54, 1.807) is 4.90 Å². The second-order valence-corrected chi connectivity index (χ2v) is 8.25. The Kier molecular flexibility index (Phi) is 3.41. The number of aromatic nitrogens is 2. The van der Waals surface area contributed by atoms with Gasteiger partial charge < -0.3 is 10.0 Å². The Hall–Kier alpha value is -1.22. The molecule has 7 nitrogen and oxygen atoms in total. The van der Waals surface area contributed by atoms with Crippen molar-refractivity contribution in [3.8, 4) is 0 Å². The Morgan fingerprint density at radius 1 is 1.40 bits per heavy atom. The smallest absolute Gasteiger partial charge is 0.323 e. The Morgan fingerprint density at radius 3 is 2.70 bits per heavy atom. The summed E-state index contributed by atoms with van der Waals surface area (Å²) in [7, 11) is -3.06. The van der Waals surface area contributed by atoms with Crippen LogP contribution >= 0.6 is 11.5 Å². The van der Waals surface area contributed by atoms with Crippen LogP contribution in [0.4, 0.5) is 5.13 Å². The number of nitrogens with zero attached hydrogens (tertiary/aromatic N) is 3. The predicted octanol–water partition coefficient (Wildman–Crippen LogP) is 0.494. The van der Waals surface area contributed by atoms with Crippen molar-refractivity contribution in [2.45, 2.75) is 31.2 Å². The molecule has 0 amide bonds. The number of hydrogen-bond acceptors (Lipinski definition) is 7. The summed E-state index contributed by atoms with van der Waals surface area (Å²) >= 11 is 1.16. The van der Waals surface area contributed by atoms with Crippen LogP contribution < -0.4 is 4.90 Å². The molecule has 0 radical (unpaired) electrons. The molecule has 1 N–H and O–H groups in total. The molecule has 20 heavy (non-hydrogen) atoms. The fourth-order valence-corrected chi connectivity index (χ4v) is 4.92. The molecule has 1 aliphatic carbocycles. The summed E-state index contributed by atoms with van der Waals surface area (Å²) in [5, 5.41) is 9.55. The first-order valence-electron chi connectivity index (χ1n) is 6.47. The number of anilines is 1. The molecule has 0 bridgehead atoms. The normalized spacial score (nSPS) is 24.7. The summed E-state index contributed by atoms with van der Waals surface area (Å²) in [6.07, 6.45) is 2.60. The highest BCUT2D eigenvalue weighted by Gasteiger charge is 2.36. The summed E-state index contributed by atoms with van der Waals surface area (Å²) in [4.78, 5) is 17.0. The Morgan fingerprint density at radius 2 is 2.15 bits per heavy atom. The van der Waals surface area contributed by atoms with Crippen molar-refractivity contribution in [3.05, 3.63) is 5.82 Å². The number of rotatable bonds is 5. The molecule has 1 aromatic heterocycles. The maximum absolute atomic E-state index is 11.6. The lowest BCUT2D eigenvalue weighted by atomic mass is 10.2. The van der Waals surface area contributed by atoms with Gasteiger partial charge in [0.25, 0.3) is 0 Å². The third-order valence-corrected chi connectivity index (χ3v) is 6.09. The van der Waals surface area contributed by atoms with Gasteiger partial charge in [-0.1, -0.05) is 0 Å². The average Bonchev–Trinajstić information content (AvgIpc) is 2.98. The van der Waals surface area contributed by atoms with Crippen molar-refractivity contribution >= 4 is 32.5 Å². The lowest BCUT2D eigenvalue weighted by Crippen LogP contribution is -2.40. The zero-order valence-corrected chi connectivity index (χ0v) is 12.4. The van der Waals surface area contributed by atoms with Gasteiger partial charge in [-0.15, -0.1) is 0 Å². The second kappa shape index (κ2) is 4.96. The van der Waals surface area contributed by atoms with Crippen molar-refractivity contribution < 1.29 is 18.3 Å². The molecule has 0 aromatic carbocycles. The largest absolute Gasteiger partial charge is 0.480 e. The maximum atomic E-state index is 11.6. The molecule has 1 saturated heterocycles. The minimum Gasteiger partial charge on any atom is -0.480 e. The van der Waals surface area contributed by atoms with Crippen LogP contribution in [0.2, 0.25) is 0 Å². The number of carboxylic acids is 1. The fourth-order valence-electron chi connectivity index (χ4n) is 2.37. The molecule has 1 saturated carbocycles. The van der Waals surface area contributed by atoms with Gasteiger partial charge in [-0.3, -0.25) is 4.79 Å². The third kappa shape index (κ3) is 2.93. The molecule has 0 spiro atoms. The van der Waals surface area contributed by atoms with Gasteiger partial charge in [-0.25, -0.2) is 13.4 Å². The molecule has 1 aliphatic heterocycles. The van der Waals surface area contributed by atoms with E-state index in [1.165, 1.54) is 0 Å². The fraction of sp³-hybridized carbons (Fsp3) is 0.727. The van der Waals surface area contributed by atoms with E-state index in [2.05, 4.69) is 9.36 Å². The van der Waals surface area contributed by atoms with Gasteiger partial charge >= 0.3 is 5.97 Å². The highest BCUT2D eigenvalue weighted by atomic mass is 32.2. The lowest BCUT2D eigenvalue weighted by molar-refractivity contribution is -0.135. The molecular weight excluding hydrogens is 302 g/mol. The topological polar surface area (TPSA) is 100 Å². The van der Waals surface area contributed by atoms with Crippen LogP contribution in [0.3, 0.4) is 0 Å². The molecule has 1 unspecified atom stereocenters. The Labute approximate surface area is 120 Å². The monoisotopic (exact) mass is 317 g/mol. The summed E-state index contributed by atoms with van der Waals surface area (Å²) in [5.74, 6) is 0.290. The summed E-state index contributed by atoms with van der Waals surface area (Å²) in [6.45, 7) is -0.237. The lowest BCUT2D eigenvalue weighted by Gasteiger charge is -2.25. The Bertz CT molecular complexity index is 623. The van der Waals surface area contributed by atoms with Crippen LogP contribution in [0.5, 0.6) is 0 Å². The van der Waals surface area contributed by atoms with Gasteiger partial charge in [0.2, 0.25) is 5.13 Å².